The molecule has 0 saturated carbocycles. The van der Waals surface area contributed by atoms with Crippen LogP contribution in [-0.2, 0) is 6.42 Å². The van der Waals surface area contributed by atoms with Gasteiger partial charge in [0.05, 0.1) is 0 Å². The van der Waals surface area contributed by atoms with Crippen molar-refractivity contribution in [3.8, 4) is 0 Å². The minimum absolute atomic E-state index is 0.904. The molecule has 0 aliphatic carbocycles. The van der Waals surface area contributed by atoms with Crippen molar-refractivity contribution in [1.82, 2.24) is 0 Å². The van der Waals surface area contributed by atoms with Crippen molar-refractivity contribution in [2.75, 3.05) is 24.2 Å². The van der Waals surface area contributed by atoms with Gasteiger partial charge in [-0.05, 0) is 61.6 Å². The second-order valence-electron chi connectivity index (χ2n) is 5.57. The van der Waals surface area contributed by atoms with Gasteiger partial charge in [0.15, 0.2) is 0 Å². The summed E-state index contributed by atoms with van der Waals surface area (Å²) in [5.41, 5.74) is 12.1. The Hall–Kier alpha value is -1.96. The molecule has 0 saturated heterocycles. The van der Waals surface area contributed by atoms with Crippen LogP contribution in [0.4, 0.5) is 11.4 Å². The number of hydrogen-bond acceptors (Lipinski definition) is 2. The van der Waals surface area contributed by atoms with Gasteiger partial charge in [-0.15, -0.1) is 0 Å². The molecule has 0 amide bonds. The zero-order chi connectivity index (χ0) is 14.5. The normalized spacial score (nSPS) is 10.6. The molecule has 0 aromatic heterocycles. The second kappa shape index (κ2) is 6.47. The number of rotatable bonds is 5. The van der Waals surface area contributed by atoms with E-state index in [1.165, 1.54) is 22.4 Å². The molecule has 2 rings (SSSR count). The minimum Gasteiger partial charge on any atom is -0.399 e. The van der Waals surface area contributed by atoms with Gasteiger partial charge in [-0.2, -0.15) is 0 Å². The van der Waals surface area contributed by atoms with E-state index in [0.717, 1.165) is 25.1 Å². The third-order valence-electron chi connectivity index (χ3n) is 3.64. The van der Waals surface area contributed by atoms with Gasteiger partial charge >= 0.3 is 0 Å². The fourth-order valence-electron chi connectivity index (χ4n) is 2.57. The molecule has 0 spiro atoms. The summed E-state index contributed by atoms with van der Waals surface area (Å²) < 4.78 is 0. The number of para-hydroxylation sites is 1. The van der Waals surface area contributed by atoms with Crippen molar-refractivity contribution in [1.29, 1.82) is 0 Å². The first-order valence-electron chi connectivity index (χ1n) is 7.19. The largest absolute Gasteiger partial charge is 0.399 e. The van der Waals surface area contributed by atoms with Crippen LogP contribution in [0, 0.1) is 13.8 Å². The standard InChI is InChI=1S/C18H24N2/c1-14-11-15(2)13-17(12-14)20(3)10-6-8-16-7-4-5-9-18(16)19/h4-5,7,9,11-13H,6,8,10,19H2,1-3H3. The average molecular weight is 268 g/mol. The van der Waals surface area contributed by atoms with E-state index in [1.807, 2.05) is 12.1 Å². The Morgan fingerprint density at radius 1 is 1.00 bits per heavy atom. The Labute approximate surface area is 122 Å². The summed E-state index contributed by atoms with van der Waals surface area (Å²) in [6.07, 6.45) is 2.14. The average Bonchev–Trinajstić information content (AvgIpc) is 2.39. The first kappa shape index (κ1) is 14.4. The molecule has 0 bridgehead atoms. The van der Waals surface area contributed by atoms with Crippen molar-refractivity contribution < 1.29 is 0 Å². The SMILES string of the molecule is Cc1cc(C)cc(N(C)CCCc2ccccc2N)c1. The lowest BCUT2D eigenvalue weighted by atomic mass is 10.1. The molecule has 20 heavy (non-hydrogen) atoms. The summed E-state index contributed by atoms with van der Waals surface area (Å²) in [6.45, 7) is 5.33. The lowest BCUT2D eigenvalue weighted by Crippen LogP contribution is -2.19. The highest BCUT2D eigenvalue weighted by atomic mass is 15.1. The molecule has 106 valence electrons. The Balaban J connectivity index is 1.92. The zero-order valence-corrected chi connectivity index (χ0v) is 12.7. The lowest BCUT2D eigenvalue weighted by molar-refractivity contribution is 0.786. The van der Waals surface area contributed by atoms with Crippen molar-refractivity contribution >= 4 is 11.4 Å². The summed E-state index contributed by atoms with van der Waals surface area (Å²) in [5, 5.41) is 0. The van der Waals surface area contributed by atoms with Crippen LogP contribution in [0.3, 0.4) is 0 Å². The quantitative estimate of drug-likeness (QED) is 0.832. The highest BCUT2D eigenvalue weighted by Gasteiger charge is 2.03. The lowest BCUT2D eigenvalue weighted by Gasteiger charge is -2.20. The Morgan fingerprint density at radius 2 is 1.65 bits per heavy atom. The molecule has 0 fully saturated rings. The number of benzene rings is 2. The highest BCUT2D eigenvalue weighted by Crippen LogP contribution is 2.19. The molecule has 2 heteroatoms. The van der Waals surface area contributed by atoms with Crippen LogP contribution in [-0.4, -0.2) is 13.6 Å². The van der Waals surface area contributed by atoms with Crippen LogP contribution >= 0.6 is 0 Å². The van der Waals surface area contributed by atoms with Crippen LogP contribution in [0.2, 0.25) is 0 Å². The van der Waals surface area contributed by atoms with Crippen LogP contribution < -0.4 is 10.6 Å². The molecule has 2 aromatic rings. The highest BCUT2D eigenvalue weighted by molar-refractivity contribution is 5.50. The van der Waals surface area contributed by atoms with Crippen molar-refractivity contribution in [2.24, 2.45) is 0 Å². The molecule has 0 radical (unpaired) electrons. The van der Waals surface area contributed by atoms with E-state index in [0.29, 0.717) is 0 Å². The smallest absolute Gasteiger partial charge is 0.0368 e. The predicted octanol–water partition coefficient (Wildman–Crippen LogP) is 3.95. The van der Waals surface area contributed by atoms with Crippen LogP contribution in [0.5, 0.6) is 0 Å². The molecule has 0 heterocycles. The fraction of sp³-hybridized carbons (Fsp3) is 0.333. The third-order valence-corrected chi connectivity index (χ3v) is 3.64. The molecular weight excluding hydrogens is 244 g/mol. The van der Waals surface area contributed by atoms with E-state index in [4.69, 9.17) is 5.73 Å². The van der Waals surface area contributed by atoms with Crippen molar-refractivity contribution in [2.45, 2.75) is 26.7 Å². The van der Waals surface area contributed by atoms with E-state index >= 15 is 0 Å². The van der Waals surface area contributed by atoms with Gasteiger partial charge in [0.2, 0.25) is 0 Å². The van der Waals surface area contributed by atoms with Crippen LogP contribution in [0.15, 0.2) is 42.5 Å². The maximum absolute atomic E-state index is 5.97. The first-order chi connectivity index (χ1) is 9.56. The minimum atomic E-state index is 0.904. The zero-order valence-electron chi connectivity index (χ0n) is 12.7. The number of hydrogen-bond donors (Lipinski definition) is 1. The second-order valence-corrected chi connectivity index (χ2v) is 5.57. The Bertz CT molecular complexity index is 555. The molecular formula is C18H24N2. The first-order valence-corrected chi connectivity index (χ1v) is 7.19. The number of nitrogens with zero attached hydrogens (tertiary/aromatic N) is 1. The van der Waals surface area contributed by atoms with Gasteiger partial charge in [0.1, 0.15) is 0 Å². The number of anilines is 2. The summed E-state index contributed by atoms with van der Waals surface area (Å²) in [4.78, 5) is 2.32. The van der Waals surface area contributed by atoms with E-state index in [2.05, 4.69) is 56.1 Å². The Morgan fingerprint density at radius 3 is 2.30 bits per heavy atom. The van der Waals surface area contributed by atoms with E-state index in [9.17, 15) is 0 Å². The third kappa shape index (κ3) is 3.77. The van der Waals surface area contributed by atoms with Crippen LogP contribution in [0.1, 0.15) is 23.1 Å². The van der Waals surface area contributed by atoms with Crippen molar-refractivity contribution in [3.63, 3.8) is 0 Å². The molecule has 2 N–H and O–H groups in total. The maximum atomic E-state index is 5.97. The summed E-state index contributed by atoms with van der Waals surface area (Å²) in [6, 6.07) is 14.8. The van der Waals surface area contributed by atoms with E-state index in [-0.39, 0.29) is 0 Å². The molecule has 2 nitrogen and oxygen atoms in total. The molecule has 0 unspecified atom stereocenters. The predicted molar refractivity (Wildman–Crippen MR) is 88.4 cm³/mol. The van der Waals surface area contributed by atoms with Gasteiger partial charge in [0.25, 0.3) is 0 Å². The number of nitrogens with two attached hydrogens (primary N) is 1. The van der Waals surface area contributed by atoms with Gasteiger partial charge in [0, 0.05) is 25.0 Å². The number of nitrogen functional groups attached to an aromatic ring is 1. The van der Waals surface area contributed by atoms with Gasteiger partial charge in [-0.1, -0.05) is 24.3 Å². The maximum Gasteiger partial charge on any atom is 0.0368 e. The van der Waals surface area contributed by atoms with Crippen LogP contribution in [0.25, 0.3) is 0 Å². The number of aryl methyl sites for hydroxylation is 3. The van der Waals surface area contributed by atoms with Gasteiger partial charge in [-0.25, -0.2) is 0 Å². The fourth-order valence-corrected chi connectivity index (χ4v) is 2.57. The summed E-state index contributed by atoms with van der Waals surface area (Å²) in [7, 11) is 2.16. The van der Waals surface area contributed by atoms with E-state index < -0.39 is 0 Å². The molecule has 2 aromatic carbocycles. The van der Waals surface area contributed by atoms with E-state index in [1.54, 1.807) is 0 Å². The van der Waals surface area contributed by atoms with Gasteiger partial charge < -0.3 is 10.6 Å². The molecule has 0 atom stereocenters. The Kier molecular flexibility index (Phi) is 4.67. The summed E-state index contributed by atoms with van der Waals surface area (Å²) in [5.74, 6) is 0. The summed E-state index contributed by atoms with van der Waals surface area (Å²) >= 11 is 0. The monoisotopic (exact) mass is 268 g/mol. The molecule has 0 aliphatic rings. The topological polar surface area (TPSA) is 29.3 Å². The molecule has 0 aliphatic heterocycles. The van der Waals surface area contributed by atoms with Crippen molar-refractivity contribution in [3.05, 3.63) is 59.2 Å². The van der Waals surface area contributed by atoms with Gasteiger partial charge in [-0.3, -0.25) is 0 Å².